The van der Waals surface area contributed by atoms with Crippen molar-refractivity contribution in [3.63, 3.8) is 0 Å². The van der Waals surface area contributed by atoms with Crippen molar-refractivity contribution < 1.29 is 9.26 Å². The molecule has 1 aliphatic rings. The van der Waals surface area contributed by atoms with Gasteiger partial charge in [0.1, 0.15) is 0 Å². The van der Waals surface area contributed by atoms with Crippen LogP contribution in [0.3, 0.4) is 0 Å². The van der Waals surface area contributed by atoms with E-state index in [1.54, 1.807) is 0 Å². The Balaban J connectivity index is 1.79. The first kappa shape index (κ1) is 16.4. The molecule has 0 saturated heterocycles. The minimum absolute atomic E-state index is 0.181. The summed E-state index contributed by atoms with van der Waals surface area (Å²) < 4.78 is 10.9. The maximum atomic E-state index is 6.15. The number of likely N-dealkylation sites (N-methyl/N-ethyl adjacent to an activating group) is 1. The molecule has 1 fully saturated rings. The molecule has 21 heavy (non-hydrogen) atoms. The van der Waals surface area contributed by atoms with Gasteiger partial charge in [0.05, 0.1) is 12.1 Å². The topological polar surface area (TPSA) is 77.4 Å². The van der Waals surface area contributed by atoms with E-state index in [1.165, 1.54) is 0 Å². The lowest BCUT2D eigenvalue weighted by molar-refractivity contribution is -0.0258. The summed E-state index contributed by atoms with van der Waals surface area (Å²) in [6.45, 7) is 9.82. The lowest BCUT2D eigenvalue weighted by Gasteiger charge is -2.33. The van der Waals surface area contributed by atoms with E-state index in [-0.39, 0.29) is 6.04 Å². The molecule has 0 bridgehead atoms. The maximum absolute atomic E-state index is 6.15. The molecule has 1 aliphatic carbocycles. The molecular weight excluding hydrogens is 268 g/mol. The quantitative estimate of drug-likeness (QED) is 0.748. The second-order valence-corrected chi connectivity index (χ2v) is 5.76. The zero-order valence-corrected chi connectivity index (χ0v) is 13.4. The molecule has 0 radical (unpaired) electrons. The van der Waals surface area contributed by atoms with E-state index in [0.29, 0.717) is 23.7 Å². The lowest BCUT2D eigenvalue weighted by Crippen LogP contribution is -2.33. The standard InChI is InChI=1S/C15H28N4O2/c1-4-19(5-2)10-13(16)15-17-14(21-18-15)9-11-7-12(8-11)20-6-3/h11-13H,4-10,16H2,1-3H3. The van der Waals surface area contributed by atoms with Gasteiger partial charge in [-0.25, -0.2) is 0 Å². The monoisotopic (exact) mass is 296 g/mol. The van der Waals surface area contributed by atoms with Crippen molar-refractivity contribution in [2.45, 2.75) is 52.2 Å². The Kier molecular flexibility index (Phi) is 6.14. The highest BCUT2D eigenvalue weighted by Gasteiger charge is 2.31. The van der Waals surface area contributed by atoms with Crippen LogP contribution >= 0.6 is 0 Å². The third kappa shape index (κ3) is 4.49. The predicted molar refractivity (Wildman–Crippen MR) is 80.9 cm³/mol. The molecule has 1 atom stereocenters. The number of hydrogen-bond donors (Lipinski definition) is 1. The van der Waals surface area contributed by atoms with E-state index in [1.807, 2.05) is 6.92 Å². The van der Waals surface area contributed by atoms with Crippen molar-refractivity contribution in [3.8, 4) is 0 Å². The van der Waals surface area contributed by atoms with Crippen LogP contribution in [-0.2, 0) is 11.2 Å². The second kappa shape index (κ2) is 7.87. The van der Waals surface area contributed by atoms with Crippen molar-refractivity contribution in [2.75, 3.05) is 26.2 Å². The highest BCUT2D eigenvalue weighted by Crippen LogP contribution is 2.32. The zero-order valence-electron chi connectivity index (χ0n) is 13.4. The average Bonchev–Trinajstić information content (AvgIpc) is 2.91. The summed E-state index contributed by atoms with van der Waals surface area (Å²) in [5.41, 5.74) is 6.15. The van der Waals surface area contributed by atoms with Gasteiger partial charge in [-0.15, -0.1) is 0 Å². The van der Waals surface area contributed by atoms with E-state index < -0.39 is 0 Å². The number of ether oxygens (including phenoxy) is 1. The Morgan fingerprint density at radius 3 is 2.67 bits per heavy atom. The van der Waals surface area contributed by atoms with Crippen LogP contribution in [-0.4, -0.2) is 47.4 Å². The summed E-state index contributed by atoms with van der Waals surface area (Å²) >= 11 is 0. The van der Waals surface area contributed by atoms with Crippen LogP contribution in [0.15, 0.2) is 4.52 Å². The summed E-state index contributed by atoms with van der Waals surface area (Å²) in [6, 6.07) is -0.181. The van der Waals surface area contributed by atoms with E-state index in [9.17, 15) is 0 Å². The summed E-state index contributed by atoms with van der Waals surface area (Å²) in [5.74, 6) is 1.94. The van der Waals surface area contributed by atoms with Crippen LogP contribution in [0.4, 0.5) is 0 Å². The van der Waals surface area contributed by atoms with Gasteiger partial charge < -0.3 is 19.9 Å². The van der Waals surface area contributed by atoms with Crippen LogP contribution in [0.2, 0.25) is 0 Å². The highest BCUT2D eigenvalue weighted by molar-refractivity contribution is 4.96. The van der Waals surface area contributed by atoms with E-state index >= 15 is 0 Å². The maximum Gasteiger partial charge on any atom is 0.226 e. The summed E-state index contributed by atoms with van der Waals surface area (Å²) in [7, 11) is 0. The minimum atomic E-state index is -0.181. The normalized spacial score (nSPS) is 23.3. The Hall–Kier alpha value is -0.980. The molecule has 0 spiro atoms. The molecule has 1 heterocycles. The predicted octanol–water partition coefficient (Wildman–Crippen LogP) is 1.77. The fourth-order valence-electron chi connectivity index (χ4n) is 2.80. The molecule has 1 unspecified atom stereocenters. The molecule has 2 rings (SSSR count). The van der Waals surface area contributed by atoms with Gasteiger partial charge in [0.25, 0.3) is 0 Å². The zero-order chi connectivity index (χ0) is 15.2. The molecular formula is C15H28N4O2. The van der Waals surface area contributed by atoms with Crippen molar-refractivity contribution in [2.24, 2.45) is 11.7 Å². The van der Waals surface area contributed by atoms with Gasteiger partial charge in [0.2, 0.25) is 5.89 Å². The third-order valence-corrected chi connectivity index (χ3v) is 4.22. The summed E-state index contributed by atoms with van der Waals surface area (Å²) in [6.07, 6.45) is 3.45. The lowest BCUT2D eigenvalue weighted by atomic mass is 9.80. The van der Waals surface area contributed by atoms with Gasteiger partial charge in [-0.1, -0.05) is 19.0 Å². The molecule has 1 aromatic rings. The van der Waals surface area contributed by atoms with E-state index in [2.05, 4.69) is 28.9 Å². The molecule has 6 heteroatoms. The molecule has 1 aromatic heterocycles. The fourth-order valence-corrected chi connectivity index (χ4v) is 2.80. The Morgan fingerprint density at radius 2 is 2.05 bits per heavy atom. The Bertz CT molecular complexity index is 414. The minimum Gasteiger partial charge on any atom is -0.378 e. The van der Waals surface area contributed by atoms with Gasteiger partial charge in [0.15, 0.2) is 5.82 Å². The molecule has 0 aliphatic heterocycles. The van der Waals surface area contributed by atoms with E-state index in [0.717, 1.165) is 45.5 Å². The number of nitrogens with two attached hydrogens (primary N) is 1. The van der Waals surface area contributed by atoms with Crippen molar-refractivity contribution >= 4 is 0 Å². The van der Waals surface area contributed by atoms with Gasteiger partial charge in [-0.05, 0) is 38.8 Å². The SMILES string of the molecule is CCOC1CC(Cc2nc(C(N)CN(CC)CC)no2)C1. The highest BCUT2D eigenvalue weighted by atomic mass is 16.5. The molecule has 0 aromatic carbocycles. The molecule has 6 nitrogen and oxygen atoms in total. The van der Waals surface area contributed by atoms with Crippen molar-refractivity contribution in [1.29, 1.82) is 0 Å². The van der Waals surface area contributed by atoms with Crippen LogP contribution in [0.25, 0.3) is 0 Å². The van der Waals surface area contributed by atoms with Crippen LogP contribution in [0.1, 0.15) is 51.4 Å². The first-order chi connectivity index (χ1) is 10.2. The first-order valence-electron chi connectivity index (χ1n) is 8.08. The Labute approximate surface area is 127 Å². The average molecular weight is 296 g/mol. The number of rotatable bonds is 9. The fraction of sp³-hybridized carbons (Fsp3) is 0.867. The van der Waals surface area contributed by atoms with Gasteiger partial charge in [-0.3, -0.25) is 0 Å². The largest absolute Gasteiger partial charge is 0.378 e. The molecule has 0 amide bonds. The van der Waals surface area contributed by atoms with Crippen LogP contribution in [0, 0.1) is 5.92 Å². The molecule has 2 N–H and O–H groups in total. The smallest absolute Gasteiger partial charge is 0.226 e. The van der Waals surface area contributed by atoms with Gasteiger partial charge in [-0.2, -0.15) is 4.98 Å². The first-order valence-corrected chi connectivity index (χ1v) is 8.08. The van der Waals surface area contributed by atoms with Gasteiger partial charge >= 0.3 is 0 Å². The van der Waals surface area contributed by atoms with Crippen molar-refractivity contribution in [3.05, 3.63) is 11.7 Å². The van der Waals surface area contributed by atoms with Gasteiger partial charge in [0, 0.05) is 19.6 Å². The summed E-state index contributed by atoms with van der Waals surface area (Å²) in [5, 5.41) is 4.04. The van der Waals surface area contributed by atoms with Crippen LogP contribution < -0.4 is 5.73 Å². The number of nitrogens with zero attached hydrogens (tertiary/aromatic N) is 3. The molecule has 120 valence electrons. The van der Waals surface area contributed by atoms with E-state index in [4.69, 9.17) is 15.0 Å². The second-order valence-electron chi connectivity index (χ2n) is 5.76. The summed E-state index contributed by atoms with van der Waals surface area (Å²) in [4.78, 5) is 6.72. The third-order valence-electron chi connectivity index (χ3n) is 4.22. The number of aromatic nitrogens is 2. The van der Waals surface area contributed by atoms with Crippen LogP contribution in [0.5, 0.6) is 0 Å². The Morgan fingerprint density at radius 1 is 1.33 bits per heavy atom. The molecule has 1 saturated carbocycles. The van der Waals surface area contributed by atoms with Crippen molar-refractivity contribution in [1.82, 2.24) is 15.0 Å². The number of hydrogen-bond acceptors (Lipinski definition) is 6.